The fourth-order valence-corrected chi connectivity index (χ4v) is 5.61. The molecule has 5 nitrogen and oxygen atoms in total. The van der Waals surface area contributed by atoms with E-state index in [0.717, 1.165) is 26.6 Å². The summed E-state index contributed by atoms with van der Waals surface area (Å²) in [7, 11) is 0. The number of aromatic nitrogens is 1. The van der Waals surface area contributed by atoms with Crippen LogP contribution in [0.2, 0.25) is 10.0 Å². The first-order valence-electron chi connectivity index (χ1n) is 10.5. The molecule has 1 aliphatic heterocycles. The Morgan fingerprint density at radius 1 is 1.27 bits per heavy atom. The number of carbonyl (C=O) groups is 1. The Hall–Kier alpha value is -2.45. The Balaban J connectivity index is 1.44. The quantitative estimate of drug-likeness (QED) is 0.372. The van der Waals surface area contributed by atoms with Crippen molar-refractivity contribution in [2.45, 2.75) is 19.4 Å². The molecule has 2 aromatic carbocycles. The number of rotatable bonds is 4. The third-order valence-corrected chi connectivity index (χ3v) is 7.24. The summed E-state index contributed by atoms with van der Waals surface area (Å²) in [5.74, 6) is 0.276. The standard InChI is InChI=1S/C24H20Cl2FN3O2S/c1-13-29-22(23(33-13)14-2-4-16(27)5-3-14)24(31)30-7-6-28-12-17(30)10-18-11-19-20(26)8-15(25)9-21(19)32-18/h2-5,8-9,11,17,28H,6-7,10,12H2,1H3/t17-/m0/s1. The van der Waals surface area contributed by atoms with Crippen LogP contribution in [0.1, 0.15) is 21.3 Å². The number of carbonyl (C=O) groups excluding carboxylic acids is 1. The molecule has 0 radical (unpaired) electrons. The van der Waals surface area contributed by atoms with Crippen LogP contribution < -0.4 is 5.32 Å². The highest BCUT2D eigenvalue weighted by Crippen LogP contribution is 2.33. The summed E-state index contributed by atoms with van der Waals surface area (Å²) in [6.07, 6.45) is 0.524. The van der Waals surface area contributed by atoms with E-state index < -0.39 is 0 Å². The summed E-state index contributed by atoms with van der Waals surface area (Å²) in [6.45, 7) is 3.74. The van der Waals surface area contributed by atoms with Gasteiger partial charge in [0.25, 0.3) is 5.91 Å². The Kier molecular flexibility index (Phi) is 6.14. The summed E-state index contributed by atoms with van der Waals surface area (Å²) < 4.78 is 19.4. The maximum atomic E-state index is 13.6. The number of amides is 1. The molecule has 0 saturated carbocycles. The van der Waals surface area contributed by atoms with Gasteiger partial charge >= 0.3 is 0 Å². The predicted molar refractivity (Wildman–Crippen MR) is 130 cm³/mol. The Labute approximate surface area is 204 Å². The van der Waals surface area contributed by atoms with Gasteiger partial charge in [-0.1, -0.05) is 35.3 Å². The Morgan fingerprint density at radius 2 is 2.06 bits per heavy atom. The van der Waals surface area contributed by atoms with Crippen molar-refractivity contribution in [1.82, 2.24) is 15.2 Å². The van der Waals surface area contributed by atoms with Gasteiger partial charge in [-0.25, -0.2) is 9.37 Å². The molecule has 1 N–H and O–H groups in total. The van der Waals surface area contributed by atoms with Gasteiger partial charge in [0.15, 0.2) is 0 Å². The number of halogens is 3. The molecular formula is C24H20Cl2FN3O2S. The van der Waals surface area contributed by atoms with Crippen LogP contribution in [0.5, 0.6) is 0 Å². The number of benzene rings is 2. The second-order valence-electron chi connectivity index (χ2n) is 7.99. The van der Waals surface area contributed by atoms with Crippen LogP contribution in [0.3, 0.4) is 0 Å². The van der Waals surface area contributed by atoms with E-state index >= 15 is 0 Å². The average Bonchev–Trinajstić information content (AvgIpc) is 3.37. The summed E-state index contributed by atoms with van der Waals surface area (Å²) in [6, 6.07) is 11.4. The van der Waals surface area contributed by atoms with Crippen LogP contribution in [0.15, 0.2) is 46.9 Å². The van der Waals surface area contributed by atoms with Crippen molar-refractivity contribution >= 4 is 51.4 Å². The molecule has 1 amide bonds. The first-order chi connectivity index (χ1) is 15.9. The molecule has 4 aromatic rings. The van der Waals surface area contributed by atoms with E-state index in [9.17, 15) is 9.18 Å². The number of hydrogen-bond acceptors (Lipinski definition) is 5. The average molecular weight is 504 g/mol. The lowest BCUT2D eigenvalue weighted by Gasteiger charge is -2.35. The molecule has 1 fully saturated rings. The van der Waals surface area contributed by atoms with E-state index in [-0.39, 0.29) is 17.8 Å². The van der Waals surface area contributed by atoms with Gasteiger partial charge in [-0.05, 0) is 36.8 Å². The number of aryl methyl sites for hydroxylation is 1. The second-order valence-corrected chi connectivity index (χ2v) is 10.0. The highest BCUT2D eigenvalue weighted by molar-refractivity contribution is 7.15. The number of thiazole rings is 1. The molecular weight excluding hydrogens is 484 g/mol. The molecule has 0 unspecified atom stereocenters. The van der Waals surface area contributed by atoms with Crippen molar-refractivity contribution in [2.75, 3.05) is 19.6 Å². The first kappa shape index (κ1) is 22.3. The van der Waals surface area contributed by atoms with Crippen molar-refractivity contribution in [3.63, 3.8) is 0 Å². The van der Waals surface area contributed by atoms with Crippen molar-refractivity contribution in [2.24, 2.45) is 0 Å². The van der Waals surface area contributed by atoms with E-state index in [2.05, 4.69) is 10.3 Å². The maximum Gasteiger partial charge on any atom is 0.274 e. The smallest absolute Gasteiger partial charge is 0.274 e. The lowest BCUT2D eigenvalue weighted by atomic mass is 10.1. The third kappa shape index (κ3) is 4.51. The predicted octanol–water partition coefficient (Wildman–Crippen LogP) is 5.97. The van der Waals surface area contributed by atoms with Crippen molar-refractivity contribution < 1.29 is 13.6 Å². The molecule has 1 aliphatic rings. The van der Waals surface area contributed by atoms with Gasteiger partial charge in [0.1, 0.15) is 22.9 Å². The number of nitrogens with one attached hydrogen (secondary N) is 1. The molecule has 1 saturated heterocycles. The van der Waals surface area contributed by atoms with Crippen LogP contribution in [0, 0.1) is 12.7 Å². The van der Waals surface area contributed by atoms with Gasteiger partial charge in [0.05, 0.1) is 20.9 Å². The van der Waals surface area contributed by atoms with Gasteiger partial charge < -0.3 is 14.6 Å². The van der Waals surface area contributed by atoms with Crippen LogP contribution in [-0.4, -0.2) is 41.5 Å². The van der Waals surface area contributed by atoms with Crippen molar-refractivity contribution in [1.29, 1.82) is 0 Å². The topological polar surface area (TPSA) is 58.4 Å². The highest BCUT2D eigenvalue weighted by atomic mass is 35.5. The minimum Gasteiger partial charge on any atom is -0.461 e. The normalized spacial score (nSPS) is 16.5. The van der Waals surface area contributed by atoms with Crippen molar-refractivity contribution in [3.05, 3.63) is 74.8 Å². The molecule has 5 rings (SSSR count). The molecule has 33 heavy (non-hydrogen) atoms. The monoisotopic (exact) mass is 503 g/mol. The van der Waals surface area contributed by atoms with Crippen molar-refractivity contribution in [3.8, 4) is 10.4 Å². The number of nitrogens with zero attached hydrogens (tertiary/aromatic N) is 2. The zero-order valence-electron chi connectivity index (χ0n) is 17.7. The SMILES string of the molecule is Cc1nc(C(=O)N2CCNC[C@@H]2Cc2cc3c(Cl)cc(Cl)cc3o2)c(-c2ccc(F)cc2)s1. The van der Waals surface area contributed by atoms with E-state index in [1.54, 1.807) is 24.3 Å². The zero-order chi connectivity index (χ0) is 23.1. The van der Waals surface area contributed by atoms with Crippen LogP contribution in [0.4, 0.5) is 4.39 Å². The zero-order valence-corrected chi connectivity index (χ0v) is 20.0. The number of furan rings is 1. The molecule has 170 valence electrons. The molecule has 9 heteroatoms. The minimum atomic E-state index is -0.317. The Bertz CT molecular complexity index is 1340. The summed E-state index contributed by atoms with van der Waals surface area (Å²) in [4.78, 5) is 20.8. The summed E-state index contributed by atoms with van der Waals surface area (Å²) in [5, 5.41) is 5.99. The largest absolute Gasteiger partial charge is 0.461 e. The van der Waals surface area contributed by atoms with E-state index in [4.69, 9.17) is 27.6 Å². The lowest BCUT2D eigenvalue weighted by molar-refractivity contribution is 0.0626. The van der Waals surface area contributed by atoms with E-state index in [1.165, 1.54) is 23.5 Å². The van der Waals surface area contributed by atoms with E-state index in [1.807, 2.05) is 17.9 Å². The fraction of sp³-hybridized carbons (Fsp3) is 0.250. The Morgan fingerprint density at radius 3 is 2.85 bits per heavy atom. The fourth-order valence-electron chi connectivity index (χ4n) is 4.17. The highest BCUT2D eigenvalue weighted by Gasteiger charge is 2.31. The maximum absolute atomic E-state index is 13.6. The number of piperazine rings is 1. The summed E-state index contributed by atoms with van der Waals surface area (Å²) in [5.41, 5.74) is 1.80. The molecule has 1 atom stereocenters. The van der Waals surface area contributed by atoms with Gasteiger partial charge in [0, 0.05) is 42.5 Å². The van der Waals surface area contributed by atoms with Gasteiger partial charge in [0.2, 0.25) is 0 Å². The molecule has 0 bridgehead atoms. The summed E-state index contributed by atoms with van der Waals surface area (Å²) >= 11 is 13.8. The molecule has 0 spiro atoms. The third-order valence-electron chi connectivity index (χ3n) is 5.69. The molecule has 3 heterocycles. The number of fused-ring (bicyclic) bond motifs is 1. The van der Waals surface area contributed by atoms with Gasteiger partial charge in [-0.15, -0.1) is 11.3 Å². The van der Waals surface area contributed by atoms with Crippen LogP contribution >= 0.6 is 34.5 Å². The van der Waals surface area contributed by atoms with E-state index in [0.29, 0.717) is 47.4 Å². The molecule has 0 aliphatic carbocycles. The van der Waals surface area contributed by atoms with Gasteiger partial charge in [-0.2, -0.15) is 0 Å². The van der Waals surface area contributed by atoms with Crippen LogP contribution in [0.25, 0.3) is 21.4 Å². The number of hydrogen-bond donors (Lipinski definition) is 1. The van der Waals surface area contributed by atoms with Crippen LogP contribution in [-0.2, 0) is 6.42 Å². The minimum absolute atomic E-state index is 0.121. The van der Waals surface area contributed by atoms with Gasteiger partial charge in [-0.3, -0.25) is 4.79 Å². The molecule has 2 aromatic heterocycles. The second kappa shape index (κ2) is 9.06. The lowest BCUT2D eigenvalue weighted by Crippen LogP contribution is -2.54. The first-order valence-corrected chi connectivity index (χ1v) is 12.1.